The average Bonchev–Trinajstić information content (AvgIpc) is 3.01. The molecule has 0 amide bonds. The molecule has 0 bridgehead atoms. The van der Waals surface area contributed by atoms with Gasteiger partial charge in [0.05, 0.1) is 15.9 Å². The lowest BCUT2D eigenvalue weighted by Gasteiger charge is -2.13. The first-order valence-corrected chi connectivity index (χ1v) is 7.85. The summed E-state index contributed by atoms with van der Waals surface area (Å²) >= 11 is 0. The molecule has 2 aromatic heterocycles. The van der Waals surface area contributed by atoms with E-state index in [-0.39, 0.29) is 5.84 Å². The molecule has 0 fully saturated rings. The quantitative estimate of drug-likeness (QED) is 0.202. The second-order valence-electron chi connectivity index (χ2n) is 4.74. The molecule has 0 saturated heterocycles. The molecule has 1 aromatic carbocycles. The van der Waals surface area contributed by atoms with E-state index in [0.29, 0.717) is 16.0 Å². The van der Waals surface area contributed by atoms with Crippen molar-refractivity contribution >= 4 is 27.9 Å². The van der Waals surface area contributed by atoms with Gasteiger partial charge in [-0.05, 0) is 23.8 Å². The fourth-order valence-corrected chi connectivity index (χ4v) is 3.04. The van der Waals surface area contributed by atoms with Gasteiger partial charge in [0.25, 0.3) is 0 Å². The van der Waals surface area contributed by atoms with Crippen LogP contribution >= 0.6 is 0 Å². The molecule has 118 valence electrons. The maximum Gasteiger partial charge on any atom is 0.154 e. The molecular weight excluding hydrogens is 314 g/mol. The Kier molecular flexibility index (Phi) is 4.06. The van der Waals surface area contributed by atoms with Crippen LogP contribution in [0.1, 0.15) is 5.56 Å². The molecule has 3 aromatic rings. The molecule has 2 heterocycles. The molecule has 8 nitrogen and oxygen atoms in total. The van der Waals surface area contributed by atoms with Gasteiger partial charge in [0, 0.05) is 23.5 Å². The molecule has 1 unspecified atom stereocenters. The van der Waals surface area contributed by atoms with Crippen LogP contribution in [0.3, 0.4) is 0 Å². The summed E-state index contributed by atoms with van der Waals surface area (Å²) in [5.41, 5.74) is 11.8. The number of amidine groups is 1. The standard InChI is InChI=1S/C14H15N7OS/c15-14(20-21-16)13-9(2-1-3-12(13)23(17)22)8-6-11-10(19-7-8)4-5-18-11/h1-7,18,21H,16-17H2,(H2,15,20). The van der Waals surface area contributed by atoms with Gasteiger partial charge in [-0.25, -0.2) is 20.7 Å². The van der Waals surface area contributed by atoms with E-state index in [0.717, 1.165) is 16.6 Å². The van der Waals surface area contributed by atoms with Crippen LogP contribution in [0.4, 0.5) is 0 Å². The van der Waals surface area contributed by atoms with Gasteiger partial charge in [-0.1, -0.05) is 12.1 Å². The molecule has 9 heteroatoms. The monoisotopic (exact) mass is 329 g/mol. The number of aromatic nitrogens is 2. The van der Waals surface area contributed by atoms with E-state index in [2.05, 4.69) is 20.6 Å². The van der Waals surface area contributed by atoms with Crippen LogP contribution in [0.25, 0.3) is 22.2 Å². The van der Waals surface area contributed by atoms with E-state index >= 15 is 0 Å². The molecule has 0 aliphatic heterocycles. The molecule has 0 radical (unpaired) electrons. The summed E-state index contributed by atoms with van der Waals surface area (Å²) in [5.74, 6) is 5.29. The van der Waals surface area contributed by atoms with Crippen molar-refractivity contribution in [2.45, 2.75) is 4.90 Å². The number of hydrazone groups is 1. The van der Waals surface area contributed by atoms with Crippen molar-refractivity contribution in [2.24, 2.45) is 21.8 Å². The number of fused-ring (bicyclic) bond motifs is 1. The van der Waals surface area contributed by atoms with Crippen molar-refractivity contribution in [1.82, 2.24) is 15.5 Å². The first-order valence-electron chi connectivity index (χ1n) is 6.63. The number of hydrogen-bond donors (Lipinski definition) is 5. The molecule has 3 rings (SSSR count). The summed E-state index contributed by atoms with van der Waals surface area (Å²) in [6.07, 6.45) is 3.52. The van der Waals surface area contributed by atoms with Crippen molar-refractivity contribution < 1.29 is 4.21 Å². The van der Waals surface area contributed by atoms with Gasteiger partial charge in [0.1, 0.15) is 11.0 Å². The minimum Gasteiger partial charge on any atom is -0.382 e. The van der Waals surface area contributed by atoms with Crippen molar-refractivity contribution in [2.75, 3.05) is 0 Å². The Morgan fingerprint density at radius 3 is 2.91 bits per heavy atom. The Morgan fingerprint density at radius 1 is 1.35 bits per heavy atom. The Bertz CT molecular complexity index is 918. The number of nitrogens with one attached hydrogen (secondary N) is 2. The van der Waals surface area contributed by atoms with Gasteiger partial charge in [0.2, 0.25) is 0 Å². The van der Waals surface area contributed by atoms with Crippen LogP contribution in [0, 0.1) is 0 Å². The van der Waals surface area contributed by atoms with Crippen molar-refractivity contribution in [3.8, 4) is 11.1 Å². The highest BCUT2D eigenvalue weighted by molar-refractivity contribution is 7.82. The van der Waals surface area contributed by atoms with Gasteiger partial charge in [-0.3, -0.25) is 4.98 Å². The first-order chi connectivity index (χ1) is 11.1. The van der Waals surface area contributed by atoms with Crippen molar-refractivity contribution in [1.29, 1.82) is 0 Å². The highest BCUT2D eigenvalue weighted by Crippen LogP contribution is 2.28. The van der Waals surface area contributed by atoms with Gasteiger partial charge >= 0.3 is 0 Å². The summed E-state index contributed by atoms with van der Waals surface area (Å²) < 4.78 is 11.8. The number of nitrogens with two attached hydrogens (primary N) is 3. The Hall–Kier alpha value is -2.75. The zero-order valence-corrected chi connectivity index (χ0v) is 12.8. The lowest BCUT2D eigenvalue weighted by molar-refractivity contribution is 0.684. The van der Waals surface area contributed by atoms with E-state index in [4.69, 9.17) is 16.7 Å². The highest BCUT2D eigenvalue weighted by atomic mass is 32.2. The van der Waals surface area contributed by atoms with E-state index < -0.39 is 11.0 Å². The smallest absolute Gasteiger partial charge is 0.154 e. The molecule has 0 saturated carbocycles. The van der Waals surface area contributed by atoms with Crippen LogP contribution in [0.2, 0.25) is 0 Å². The fourth-order valence-electron chi connectivity index (χ4n) is 2.41. The minimum atomic E-state index is -1.73. The Balaban J connectivity index is 2.27. The van der Waals surface area contributed by atoms with Gasteiger partial charge in [-0.2, -0.15) is 0 Å². The average molecular weight is 329 g/mol. The topological polar surface area (TPSA) is 148 Å². The maximum atomic E-state index is 11.8. The summed E-state index contributed by atoms with van der Waals surface area (Å²) in [6, 6.07) is 9.01. The lowest BCUT2D eigenvalue weighted by Crippen LogP contribution is -2.25. The molecule has 0 aliphatic carbocycles. The SMILES string of the molecule is NN/N=C(\N)c1c(-c2cnc3cc[nH]c3c2)cccc1S(N)=O. The van der Waals surface area contributed by atoms with Crippen molar-refractivity contribution in [3.63, 3.8) is 0 Å². The number of hydrazine groups is 1. The third-order valence-electron chi connectivity index (χ3n) is 3.39. The number of H-pyrrole nitrogens is 1. The number of rotatable bonds is 4. The third-order valence-corrected chi connectivity index (χ3v) is 4.17. The zero-order chi connectivity index (χ0) is 16.4. The summed E-state index contributed by atoms with van der Waals surface area (Å²) in [5, 5.41) is 9.34. The van der Waals surface area contributed by atoms with Gasteiger partial charge in [-0.15, -0.1) is 5.10 Å². The molecule has 0 spiro atoms. The lowest BCUT2D eigenvalue weighted by atomic mass is 10.00. The second kappa shape index (κ2) is 6.16. The Labute approximate surface area is 134 Å². The molecule has 0 aliphatic rings. The van der Waals surface area contributed by atoms with Crippen LogP contribution in [0.5, 0.6) is 0 Å². The fraction of sp³-hybridized carbons (Fsp3) is 0. The number of hydrogen-bond acceptors (Lipinski definition) is 5. The molecule has 1 atom stereocenters. The van der Waals surface area contributed by atoms with Crippen molar-refractivity contribution in [3.05, 3.63) is 48.3 Å². The van der Waals surface area contributed by atoms with E-state index in [1.807, 2.05) is 24.4 Å². The number of aromatic amines is 1. The van der Waals surface area contributed by atoms with Crippen LogP contribution in [0.15, 0.2) is 52.7 Å². The van der Waals surface area contributed by atoms with Crippen LogP contribution < -0.4 is 22.3 Å². The number of benzene rings is 1. The third kappa shape index (κ3) is 2.80. The zero-order valence-electron chi connectivity index (χ0n) is 12.0. The predicted molar refractivity (Wildman–Crippen MR) is 90.2 cm³/mol. The maximum absolute atomic E-state index is 11.8. The van der Waals surface area contributed by atoms with Crippen LogP contribution in [-0.4, -0.2) is 20.0 Å². The molecular formula is C14H15N7OS. The van der Waals surface area contributed by atoms with Crippen LogP contribution in [-0.2, 0) is 11.0 Å². The highest BCUT2D eigenvalue weighted by Gasteiger charge is 2.17. The number of nitrogens with zero attached hydrogens (tertiary/aromatic N) is 2. The first kappa shape index (κ1) is 15.2. The predicted octanol–water partition coefficient (Wildman–Crippen LogP) is 0.295. The second-order valence-corrected chi connectivity index (χ2v) is 5.77. The Morgan fingerprint density at radius 2 is 2.17 bits per heavy atom. The minimum absolute atomic E-state index is 0.0866. The van der Waals surface area contributed by atoms with Gasteiger partial charge in [0.15, 0.2) is 5.84 Å². The summed E-state index contributed by atoms with van der Waals surface area (Å²) in [4.78, 5) is 7.85. The van der Waals surface area contributed by atoms with Gasteiger partial charge < -0.3 is 10.7 Å². The number of pyridine rings is 1. The van der Waals surface area contributed by atoms with E-state index in [1.165, 1.54) is 0 Å². The molecule has 23 heavy (non-hydrogen) atoms. The summed E-state index contributed by atoms with van der Waals surface area (Å²) in [6.45, 7) is 0. The summed E-state index contributed by atoms with van der Waals surface area (Å²) in [7, 11) is -1.73. The largest absolute Gasteiger partial charge is 0.382 e. The van der Waals surface area contributed by atoms with E-state index in [9.17, 15) is 4.21 Å². The normalized spacial score (nSPS) is 13.2. The van der Waals surface area contributed by atoms with E-state index in [1.54, 1.807) is 18.3 Å². The molecule has 8 N–H and O–H groups in total.